The first-order chi connectivity index (χ1) is 20.0. The number of urea groups is 1. The number of piperidine rings is 1. The third kappa shape index (κ3) is 5.46. The largest absolute Gasteiger partial charge is 0.457 e. The quantitative estimate of drug-likeness (QED) is 0.288. The van der Waals surface area contributed by atoms with Gasteiger partial charge in [0.05, 0.1) is 35.5 Å². The molecule has 0 spiro atoms. The van der Waals surface area contributed by atoms with Crippen molar-refractivity contribution >= 4 is 56.5 Å². The molecule has 210 valence electrons. The maximum Gasteiger partial charge on any atom is 0.331 e. The van der Waals surface area contributed by atoms with Gasteiger partial charge in [0.15, 0.2) is 0 Å². The standard InChI is InChI=1S/C30H29N5O5S/c1-39-18-14-24(36)34-16-12-19(13-17-34)32-28(37)27-26-25-23(11-15-31-29(25)41-27)35(30(38)33-26)20-7-9-22(10-8-20)40-21-5-3-2-4-6-21/h2-11,15,19H,12-14,16-18H2,1H3,(H,32,37)(H,33,38). The lowest BCUT2D eigenvalue weighted by molar-refractivity contribution is -0.133. The van der Waals surface area contributed by atoms with Gasteiger partial charge >= 0.3 is 6.03 Å². The van der Waals surface area contributed by atoms with Crippen LogP contribution in [-0.4, -0.2) is 60.6 Å². The van der Waals surface area contributed by atoms with Gasteiger partial charge in [-0.1, -0.05) is 18.2 Å². The molecule has 2 aliphatic heterocycles. The number of carbonyl (C=O) groups is 3. The zero-order valence-electron chi connectivity index (χ0n) is 22.5. The molecule has 2 N–H and O–H groups in total. The van der Waals surface area contributed by atoms with E-state index in [2.05, 4.69) is 15.6 Å². The Morgan fingerprint density at radius 3 is 2.51 bits per heavy atom. The molecule has 0 unspecified atom stereocenters. The number of thiophene rings is 1. The number of hydrogen-bond acceptors (Lipinski definition) is 7. The SMILES string of the molecule is COCCC(=O)N1CCC(NC(=O)c2sc3nccc4c3c2NC(=O)N4c2ccc(Oc3ccccc3)cc2)CC1. The number of benzene rings is 2. The molecule has 41 heavy (non-hydrogen) atoms. The molecule has 1 saturated heterocycles. The molecule has 11 heteroatoms. The molecule has 0 atom stereocenters. The van der Waals surface area contributed by atoms with Gasteiger partial charge in [-0.3, -0.25) is 14.5 Å². The van der Waals surface area contributed by atoms with Crippen LogP contribution in [0.1, 0.15) is 28.9 Å². The zero-order chi connectivity index (χ0) is 28.3. The molecule has 6 rings (SSSR count). The molecule has 2 aromatic heterocycles. The van der Waals surface area contributed by atoms with Gasteiger partial charge in [0.25, 0.3) is 5.91 Å². The van der Waals surface area contributed by atoms with Crippen LogP contribution in [0.5, 0.6) is 11.5 Å². The van der Waals surface area contributed by atoms with Crippen molar-refractivity contribution in [1.29, 1.82) is 0 Å². The predicted octanol–water partition coefficient (Wildman–Crippen LogP) is 5.53. The van der Waals surface area contributed by atoms with Crippen molar-refractivity contribution in [3.05, 3.63) is 71.7 Å². The zero-order valence-corrected chi connectivity index (χ0v) is 23.3. The van der Waals surface area contributed by atoms with Crippen molar-refractivity contribution in [2.75, 3.05) is 37.0 Å². The summed E-state index contributed by atoms with van der Waals surface area (Å²) in [6.07, 6.45) is 3.33. The average molecular weight is 572 g/mol. The van der Waals surface area contributed by atoms with Crippen LogP contribution in [0.15, 0.2) is 66.9 Å². The van der Waals surface area contributed by atoms with Crippen LogP contribution in [0.4, 0.5) is 21.9 Å². The summed E-state index contributed by atoms with van der Waals surface area (Å²) in [6, 6.07) is 18.1. The summed E-state index contributed by atoms with van der Waals surface area (Å²) in [5.74, 6) is 1.18. The van der Waals surface area contributed by atoms with Crippen LogP contribution in [-0.2, 0) is 9.53 Å². The van der Waals surface area contributed by atoms with Gasteiger partial charge in [-0.2, -0.15) is 0 Å². The fraction of sp³-hybridized carbons (Fsp3) is 0.267. The third-order valence-corrected chi connectivity index (χ3v) is 8.33. The molecule has 2 aliphatic rings. The minimum Gasteiger partial charge on any atom is -0.457 e. The Balaban J connectivity index is 1.19. The highest BCUT2D eigenvalue weighted by molar-refractivity contribution is 7.21. The lowest BCUT2D eigenvalue weighted by Gasteiger charge is -2.32. The highest BCUT2D eigenvalue weighted by atomic mass is 32.1. The number of carbonyl (C=O) groups excluding carboxylic acids is 3. The van der Waals surface area contributed by atoms with E-state index in [-0.39, 0.29) is 23.9 Å². The molecule has 0 aliphatic carbocycles. The first-order valence-corrected chi connectivity index (χ1v) is 14.3. The van der Waals surface area contributed by atoms with Gasteiger partial charge < -0.3 is 25.0 Å². The Morgan fingerprint density at radius 2 is 1.78 bits per heavy atom. The Kier molecular flexibility index (Phi) is 7.53. The highest BCUT2D eigenvalue weighted by Gasteiger charge is 2.33. The number of nitrogens with zero attached hydrogens (tertiary/aromatic N) is 3. The number of aromatic nitrogens is 1. The van der Waals surface area contributed by atoms with Gasteiger partial charge in [0.2, 0.25) is 5.91 Å². The van der Waals surface area contributed by atoms with Crippen LogP contribution in [0.3, 0.4) is 0 Å². The number of pyridine rings is 1. The maximum absolute atomic E-state index is 13.4. The number of methoxy groups -OCH3 is 1. The molecule has 10 nitrogen and oxygen atoms in total. The summed E-state index contributed by atoms with van der Waals surface area (Å²) >= 11 is 1.25. The second-order valence-electron chi connectivity index (χ2n) is 9.86. The molecule has 4 amide bonds. The topological polar surface area (TPSA) is 113 Å². The average Bonchev–Trinajstić information content (AvgIpc) is 3.37. The fourth-order valence-corrected chi connectivity index (χ4v) is 6.18. The number of anilines is 3. The van der Waals surface area contributed by atoms with Crippen molar-refractivity contribution in [3.8, 4) is 11.5 Å². The summed E-state index contributed by atoms with van der Waals surface area (Å²) in [6.45, 7) is 1.57. The van der Waals surface area contributed by atoms with E-state index in [1.165, 1.54) is 11.3 Å². The number of nitrogens with one attached hydrogen (secondary N) is 2. The Labute approximate surface area is 240 Å². The molecule has 0 radical (unpaired) electrons. The summed E-state index contributed by atoms with van der Waals surface area (Å²) in [5, 5.41) is 6.77. The summed E-state index contributed by atoms with van der Waals surface area (Å²) < 4.78 is 10.9. The maximum atomic E-state index is 13.4. The summed E-state index contributed by atoms with van der Waals surface area (Å²) in [4.78, 5) is 48.0. The van der Waals surface area contributed by atoms with Crippen molar-refractivity contribution < 1.29 is 23.9 Å². The van der Waals surface area contributed by atoms with E-state index in [0.717, 1.165) is 11.1 Å². The smallest absolute Gasteiger partial charge is 0.331 e. The van der Waals surface area contributed by atoms with Gasteiger partial charge in [-0.15, -0.1) is 11.3 Å². The normalized spacial score (nSPS) is 15.1. The summed E-state index contributed by atoms with van der Waals surface area (Å²) in [7, 11) is 1.58. The van der Waals surface area contributed by atoms with Crippen molar-refractivity contribution in [1.82, 2.24) is 15.2 Å². The van der Waals surface area contributed by atoms with Gasteiger partial charge in [-0.25, -0.2) is 9.78 Å². The van der Waals surface area contributed by atoms with Gasteiger partial charge in [-0.05, 0) is 55.3 Å². The van der Waals surface area contributed by atoms with E-state index in [9.17, 15) is 14.4 Å². The van der Waals surface area contributed by atoms with Crippen LogP contribution in [0.25, 0.3) is 10.2 Å². The lowest BCUT2D eigenvalue weighted by Crippen LogP contribution is -2.46. The van der Waals surface area contributed by atoms with Gasteiger partial charge in [0.1, 0.15) is 21.2 Å². The summed E-state index contributed by atoms with van der Waals surface area (Å²) in [5.41, 5.74) is 1.79. The number of rotatable bonds is 8. The van der Waals surface area contributed by atoms with Crippen molar-refractivity contribution in [2.24, 2.45) is 0 Å². The number of amides is 4. The molecule has 2 aromatic carbocycles. The predicted molar refractivity (Wildman–Crippen MR) is 157 cm³/mol. The Bertz CT molecular complexity index is 1580. The van der Waals surface area contributed by atoms with Crippen molar-refractivity contribution in [3.63, 3.8) is 0 Å². The molecular weight excluding hydrogens is 542 g/mol. The van der Waals surface area contributed by atoms with Crippen LogP contribution in [0, 0.1) is 0 Å². The monoisotopic (exact) mass is 571 g/mol. The molecule has 0 bridgehead atoms. The number of ether oxygens (including phenoxy) is 2. The van der Waals surface area contributed by atoms with Crippen LogP contribution in [0.2, 0.25) is 0 Å². The van der Waals surface area contributed by atoms with E-state index >= 15 is 0 Å². The Hall–Kier alpha value is -4.48. The minimum atomic E-state index is -0.364. The lowest BCUT2D eigenvalue weighted by atomic mass is 10.0. The van der Waals surface area contributed by atoms with E-state index in [1.807, 2.05) is 59.5 Å². The van der Waals surface area contributed by atoms with Crippen molar-refractivity contribution in [2.45, 2.75) is 25.3 Å². The molecular formula is C30H29N5O5S. The van der Waals surface area contributed by atoms with E-state index in [0.29, 0.717) is 71.5 Å². The second kappa shape index (κ2) is 11.6. The van der Waals surface area contributed by atoms with E-state index < -0.39 is 0 Å². The van der Waals surface area contributed by atoms with Crippen LogP contribution >= 0.6 is 11.3 Å². The van der Waals surface area contributed by atoms with Crippen LogP contribution < -0.4 is 20.3 Å². The Morgan fingerprint density at radius 1 is 1.05 bits per heavy atom. The number of para-hydroxylation sites is 1. The van der Waals surface area contributed by atoms with E-state index in [1.54, 1.807) is 24.3 Å². The molecule has 4 aromatic rings. The number of hydrogen-bond donors (Lipinski definition) is 2. The fourth-order valence-electron chi connectivity index (χ4n) is 5.16. The minimum absolute atomic E-state index is 0.0637. The van der Waals surface area contributed by atoms with Gasteiger partial charge in [0, 0.05) is 32.4 Å². The number of likely N-dealkylation sites (tertiary alicyclic amines) is 1. The molecule has 4 heterocycles. The first-order valence-electron chi connectivity index (χ1n) is 13.4. The molecule has 0 saturated carbocycles. The molecule has 1 fully saturated rings. The first kappa shape index (κ1) is 26.7. The second-order valence-corrected chi connectivity index (χ2v) is 10.9. The van der Waals surface area contributed by atoms with E-state index in [4.69, 9.17) is 9.47 Å². The third-order valence-electron chi connectivity index (χ3n) is 7.23. The highest BCUT2D eigenvalue weighted by Crippen LogP contribution is 2.46.